The van der Waals surface area contributed by atoms with Gasteiger partial charge in [-0.1, -0.05) is 23.8 Å². The van der Waals surface area contributed by atoms with Crippen LogP contribution in [0.1, 0.15) is 16.1 Å². The molecule has 0 fully saturated rings. The zero-order chi connectivity index (χ0) is 11.5. The van der Waals surface area contributed by atoms with Gasteiger partial charge >= 0.3 is 5.97 Å². The van der Waals surface area contributed by atoms with E-state index in [2.05, 4.69) is 9.97 Å². The first kappa shape index (κ1) is 10.3. The molecule has 0 bridgehead atoms. The Morgan fingerprint density at radius 2 is 2.12 bits per heavy atom. The topological polar surface area (TPSA) is 63.1 Å². The normalized spacial score (nSPS) is 10.1. The van der Waals surface area contributed by atoms with E-state index in [1.54, 1.807) is 0 Å². The van der Waals surface area contributed by atoms with E-state index in [9.17, 15) is 4.79 Å². The van der Waals surface area contributed by atoms with Gasteiger partial charge in [0.25, 0.3) is 0 Å². The van der Waals surface area contributed by atoms with Crippen LogP contribution in [0.3, 0.4) is 0 Å². The Balaban J connectivity index is 2.48. The van der Waals surface area contributed by atoms with Crippen LogP contribution in [0.25, 0.3) is 11.4 Å². The molecule has 1 aromatic heterocycles. The Morgan fingerprint density at radius 1 is 1.31 bits per heavy atom. The molecule has 1 N–H and O–H groups in total. The molecular formula is C12H10N2O2. The number of hydrogen-bond donors (Lipinski definition) is 1. The van der Waals surface area contributed by atoms with E-state index in [4.69, 9.17) is 5.11 Å². The molecule has 0 atom stereocenters. The zero-order valence-corrected chi connectivity index (χ0v) is 8.71. The lowest BCUT2D eigenvalue weighted by atomic mass is 10.1. The number of nitrogens with zero attached hydrogens (tertiary/aromatic N) is 2. The van der Waals surface area contributed by atoms with Gasteiger partial charge in [0.15, 0.2) is 11.5 Å². The number of carbonyl (C=O) groups is 1. The second kappa shape index (κ2) is 4.10. The van der Waals surface area contributed by atoms with Gasteiger partial charge in [0.05, 0.1) is 0 Å². The SMILES string of the molecule is Cc1cccc(-c2nccc(C(=O)O)n2)c1. The summed E-state index contributed by atoms with van der Waals surface area (Å²) in [4.78, 5) is 18.8. The summed E-state index contributed by atoms with van der Waals surface area (Å²) in [5.74, 6) is -0.611. The number of aromatic nitrogens is 2. The number of benzene rings is 1. The number of carboxylic acids is 1. The van der Waals surface area contributed by atoms with Gasteiger partial charge < -0.3 is 5.11 Å². The molecule has 0 radical (unpaired) electrons. The molecule has 1 heterocycles. The lowest BCUT2D eigenvalue weighted by Crippen LogP contribution is -2.02. The molecule has 0 unspecified atom stereocenters. The molecule has 0 saturated heterocycles. The molecule has 0 aliphatic heterocycles. The Labute approximate surface area is 92.6 Å². The Kier molecular flexibility index (Phi) is 2.64. The predicted molar refractivity (Wildman–Crippen MR) is 59.2 cm³/mol. The first-order chi connectivity index (χ1) is 7.66. The van der Waals surface area contributed by atoms with Gasteiger partial charge in [0.1, 0.15) is 0 Å². The van der Waals surface area contributed by atoms with Gasteiger partial charge in [-0.05, 0) is 19.1 Å². The minimum Gasteiger partial charge on any atom is -0.477 e. The van der Waals surface area contributed by atoms with Crippen LogP contribution in [0.4, 0.5) is 0 Å². The third-order valence-corrected chi connectivity index (χ3v) is 2.15. The number of aryl methyl sites for hydroxylation is 1. The van der Waals surface area contributed by atoms with Crippen LogP contribution in [-0.4, -0.2) is 21.0 Å². The monoisotopic (exact) mass is 214 g/mol. The van der Waals surface area contributed by atoms with Crippen molar-refractivity contribution in [3.05, 3.63) is 47.8 Å². The first-order valence-corrected chi connectivity index (χ1v) is 4.80. The van der Waals surface area contributed by atoms with E-state index in [0.717, 1.165) is 11.1 Å². The molecule has 4 nitrogen and oxygen atoms in total. The van der Waals surface area contributed by atoms with E-state index < -0.39 is 5.97 Å². The minimum absolute atomic E-state index is 0.00602. The highest BCUT2D eigenvalue weighted by molar-refractivity contribution is 5.85. The molecule has 0 aliphatic carbocycles. The van der Waals surface area contributed by atoms with Gasteiger partial charge in [-0.2, -0.15) is 0 Å². The highest BCUT2D eigenvalue weighted by Crippen LogP contribution is 2.15. The molecule has 1 aromatic carbocycles. The van der Waals surface area contributed by atoms with Crippen LogP contribution >= 0.6 is 0 Å². The summed E-state index contributed by atoms with van der Waals surface area (Å²) in [5.41, 5.74) is 1.91. The van der Waals surface area contributed by atoms with Crippen LogP contribution < -0.4 is 0 Å². The highest BCUT2D eigenvalue weighted by Gasteiger charge is 2.07. The van der Waals surface area contributed by atoms with E-state index >= 15 is 0 Å². The molecule has 16 heavy (non-hydrogen) atoms. The van der Waals surface area contributed by atoms with Crippen molar-refractivity contribution >= 4 is 5.97 Å². The number of aromatic carboxylic acids is 1. The summed E-state index contributed by atoms with van der Waals surface area (Å²) in [6.07, 6.45) is 1.45. The number of hydrogen-bond acceptors (Lipinski definition) is 3. The van der Waals surface area contributed by atoms with Crippen molar-refractivity contribution in [1.29, 1.82) is 0 Å². The van der Waals surface area contributed by atoms with Crippen molar-refractivity contribution < 1.29 is 9.90 Å². The average Bonchev–Trinajstić information content (AvgIpc) is 2.29. The standard InChI is InChI=1S/C12H10N2O2/c1-8-3-2-4-9(7-8)11-13-6-5-10(14-11)12(15)16/h2-7H,1H3,(H,15,16). The summed E-state index contributed by atoms with van der Waals surface area (Å²) < 4.78 is 0. The maximum Gasteiger partial charge on any atom is 0.354 e. The molecular weight excluding hydrogens is 204 g/mol. The summed E-state index contributed by atoms with van der Waals surface area (Å²) in [6, 6.07) is 9.00. The van der Waals surface area contributed by atoms with Crippen molar-refractivity contribution in [3.8, 4) is 11.4 Å². The molecule has 2 aromatic rings. The van der Waals surface area contributed by atoms with E-state index in [0.29, 0.717) is 5.82 Å². The van der Waals surface area contributed by atoms with Crippen molar-refractivity contribution in [2.75, 3.05) is 0 Å². The fourth-order valence-corrected chi connectivity index (χ4v) is 1.40. The molecule has 0 saturated carbocycles. The van der Waals surface area contributed by atoms with Crippen molar-refractivity contribution in [1.82, 2.24) is 9.97 Å². The van der Waals surface area contributed by atoms with Gasteiger partial charge in [-0.15, -0.1) is 0 Å². The van der Waals surface area contributed by atoms with E-state index in [1.165, 1.54) is 12.3 Å². The highest BCUT2D eigenvalue weighted by atomic mass is 16.4. The summed E-state index contributed by atoms with van der Waals surface area (Å²) in [5, 5.41) is 8.82. The summed E-state index contributed by atoms with van der Waals surface area (Å²) in [6.45, 7) is 1.96. The van der Waals surface area contributed by atoms with Crippen LogP contribution in [0.2, 0.25) is 0 Å². The largest absolute Gasteiger partial charge is 0.477 e. The van der Waals surface area contributed by atoms with Crippen molar-refractivity contribution in [2.45, 2.75) is 6.92 Å². The Bertz CT molecular complexity index is 538. The molecule has 4 heteroatoms. The van der Waals surface area contributed by atoms with Crippen LogP contribution in [-0.2, 0) is 0 Å². The molecule has 0 amide bonds. The lowest BCUT2D eigenvalue weighted by molar-refractivity contribution is 0.0690. The quantitative estimate of drug-likeness (QED) is 0.831. The third kappa shape index (κ3) is 2.06. The van der Waals surface area contributed by atoms with Gasteiger partial charge in [0.2, 0.25) is 0 Å². The molecule has 2 rings (SSSR count). The fraction of sp³-hybridized carbons (Fsp3) is 0.0833. The smallest absolute Gasteiger partial charge is 0.354 e. The fourth-order valence-electron chi connectivity index (χ4n) is 1.40. The second-order valence-electron chi connectivity index (χ2n) is 3.44. The minimum atomic E-state index is -1.05. The van der Waals surface area contributed by atoms with Crippen molar-refractivity contribution in [2.24, 2.45) is 0 Å². The van der Waals surface area contributed by atoms with Crippen LogP contribution in [0.5, 0.6) is 0 Å². The van der Waals surface area contributed by atoms with E-state index in [-0.39, 0.29) is 5.69 Å². The Morgan fingerprint density at radius 3 is 2.81 bits per heavy atom. The number of carboxylic acid groups (broad SMARTS) is 1. The van der Waals surface area contributed by atoms with Crippen LogP contribution in [0.15, 0.2) is 36.5 Å². The third-order valence-electron chi connectivity index (χ3n) is 2.15. The summed E-state index contributed by atoms with van der Waals surface area (Å²) >= 11 is 0. The Hall–Kier alpha value is -2.23. The van der Waals surface area contributed by atoms with Gasteiger partial charge in [-0.3, -0.25) is 0 Å². The zero-order valence-electron chi connectivity index (χ0n) is 8.71. The molecule has 0 aliphatic rings. The van der Waals surface area contributed by atoms with E-state index in [1.807, 2.05) is 31.2 Å². The summed E-state index contributed by atoms with van der Waals surface area (Å²) in [7, 11) is 0. The molecule has 80 valence electrons. The van der Waals surface area contributed by atoms with Gasteiger partial charge in [0, 0.05) is 11.8 Å². The maximum absolute atomic E-state index is 10.8. The van der Waals surface area contributed by atoms with Crippen LogP contribution in [0, 0.1) is 6.92 Å². The first-order valence-electron chi connectivity index (χ1n) is 4.80. The number of rotatable bonds is 2. The lowest BCUT2D eigenvalue weighted by Gasteiger charge is -2.01. The maximum atomic E-state index is 10.8. The second-order valence-corrected chi connectivity index (χ2v) is 3.44. The predicted octanol–water partition coefficient (Wildman–Crippen LogP) is 2.15. The molecule has 0 spiro atoms. The van der Waals surface area contributed by atoms with Gasteiger partial charge in [-0.25, -0.2) is 14.8 Å². The average molecular weight is 214 g/mol. The van der Waals surface area contributed by atoms with Crippen molar-refractivity contribution in [3.63, 3.8) is 0 Å².